The molecule has 0 saturated carbocycles. The monoisotopic (exact) mass is 529 g/mol. The second-order valence-electron chi connectivity index (χ2n) is 9.66. The summed E-state index contributed by atoms with van der Waals surface area (Å²) in [4.78, 5) is 44.0. The third-order valence-corrected chi connectivity index (χ3v) is 6.39. The lowest BCUT2D eigenvalue weighted by Gasteiger charge is -2.12. The fourth-order valence-electron chi connectivity index (χ4n) is 4.19. The zero-order valence-electron chi connectivity index (χ0n) is 22.8. The summed E-state index contributed by atoms with van der Waals surface area (Å²) in [7, 11) is 0. The van der Waals surface area contributed by atoms with Crippen LogP contribution in [0.4, 0.5) is 0 Å². The Bertz CT molecular complexity index is 585. The number of nitrogens with one attached hydrogen (secondary N) is 1. The van der Waals surface area contributed by atoms with Crippen LogP contribution in [0.1, 0.15) is 116 Å². The molecule has 1 atom stereocenters. The van der Waals surface area contributed by atoms with E-state index in [2.05, 4.69) is 5.32 Å². The molecule has 0 spiro atoms. The topological polar surface area (TPSA) is 139 Å². The van der Waals surface area contributed by atoms with Crippen molar-refractivity contribution in [2.75, 3.05) is 33.0 Å². The third-order valence-electron chi connectivity index (χ3n) is 6.39. The molecule has 0 aromatic rings. The summed E-state index contributed by atoms with van der Waals surface area (Å²) < 4.78 is 10.2. The fourth-order valence-corrected chi connectivity index (χ4v) is 4.19. The van der Waals surface area contributed by atoms with Crippen LogP contribution in [0.5, 0.6) is 0 Å². The normalized spacial score (nSPS) is 11.8. The molecule has 1 unspecified atom stereocenters. The number of rotatable bonds is 29. The van der Waals surface area contributed by atoms with Crippen molar-refractivity contribution in [1.82, 2.24) is 5.32 Å². The number of carboxylic acids is 2. The van der Waals surface area contributed by atoms with E-state index in [0.29, 0.717) is 51.9 Å². The minimum absolute atomic E-state index is 0.0490. The molecule has 0 aliphatic carbocycles. The molecular weight excluding hydrogens is 478 g/mol. The summed E-state index contributed by atoms with van der Waals surface area (Å²) in [5.74, 6) is -2.17. The predicted octanol–water partition coefficient (Wildman–Crippen LogP) is 5.14. The highest BCUT2D eigenvalue weighted by Gasteiger charge is 2.18. The lowest BCUT2D eigenvalue weighted by Crippen LogP contribution is -2.28. The van der Waals surface area contributed by atoms with Crippen molar-refractivity contribution < 1.29 is 38.9 Å². The van der Waals surface area contributed by atoms with Crippen LogP contribution < -0.4 is 5.32 Å². The van der Waals surface area contributed by atoms with Gasteiger partial charge < -0.3 is 29.8 Å². The number of unbranched alkanes of at least 4 members (excludes halogenated alkanes) is 13. The number of amides is 1. The van der Waals surface area contributed by atoms with Crippen LogP contribution in [0.2, 0.25) is 0 Å². The Balaban J connectivity index is 3.53. The van der Waals surface area contributed by atoms with Crippen LogP contribution in [0.15, 0.2) is 0 Å². The Morgan fingerprint density at radius 1 is 0.649 bits per heavy atom. The SMILES string of the molecule is O=CCOCCOCCNC(=O)CCC(CCCCCCCCCCCCCCCCC(=O)O)C(=O)O. The average Bonchev–Trinajstić information content (AvgIpc) is 2.86. The van der Waals surface area contributed by atoms with Crippen LogP contribution in [-0.2, 0) is 28.7 Å². The fraction of sp³-hybridized carbons (Fsp3) is 0.857. The van der Waals surface area contributed by atoms with E-state index in [9.17, 15) is 24.3 Å². The van der Waals surface area contributed by atoms with E-state index in [1.54, 1.807) is 0 Å². The maximum atomic E-state index is 11.9. The zero-order chi connectivity index (χ0) is 27.4. The van der Waals surface area contributed by atoms with Crippen LogP contribution in [-0.4, -0.2) is 67.3 Å². The van der Waals surface area contributed by atoms with Gasteiger partial charge in [0.05, 0.1) is 25.7 Å². The minimum Gasteiger partial charge on any atom is -0.481 e. The molecule has 216 valence electrons. The van der Waals surface area contributed by atoms with Gasteiger partial charge in [-0.2, -0.15) is 0 Å². The first kappa shape index (κ1) is 35.0. The van der Waals surface area contributed by atoms with E-state index in [4.69, 9.17) is 14.6 Å². The largest absolute Gasteiger partial charge is 0.481 e. The predicted molar refractivity (Wildman–Crippen MR) is 143 cm³/mol. The van der Waals surface area contributed by atoms with Gasteiger partial charge in [0.25, 0.3) is 0 Å². The van der Waals surface area contributed by atoms with Gasteiger partial charge in [-0.25, -0.2) is 0 Å². The first-order valence-corrected chi connectivity index (χ1v) is 14.3. The standard InChI is InChI=1S/C28H51NO8/c30-20-22-37-24-23-36-21-19-29-26(31)18-17-25(28(34)35)15-13-11-9-7-5-3-1-2-4-6-8-10-12-14-16-27(32)33/h20,25H,1-19,21-24H2,(H,29,31)(H,32,33)(H,34,35). The molecule has 9 heteroatoms. The molecule has 0 rings (SSSR count). The zero-order valence-corrected chi connectivity index (χ0v) is 22.8. The molecular formula is C28H51NO8. The Hall–Kier alpha value is -2.00. The van der Waals surface area contributed by atoms with E-state index in [0.717, 1.165) is 38.5 Å². The lowest BCUT2D eigenvalue weighted by molar-refractivity contribution is -0.142. The molecule has 0 saturated heterocycles. The summed E-state index contributed by atoms with van der Waals surface area (Å²) >= 11 is 0. The highest BCUT2D eigenvalue weighted by atomic mass is 16.5. The van der Waals surface area contributed by atoms with E-state index in [1.165, 1.54) is 51.4 Å². The van der Waals surface area contributed by atoms with Gasteiger partial charge in [-0.15, -0.1) is 0 Å². The van der Waals surface area contributed by atoms with Gasteiger partial charge in [-0.3, -0.25) is 14.4 Å². The summed E-state index contributed by atoms with van der Waals surface area (Å²) in [6.45, 7) is 1.43. The highest BCUT2D eigenvalue weighted by Crippen LogP contribution is 2.18. The van der Waals surface area contributed by atoms with Crippen molar-refractivity contribution in [3.63, 3.8) is 0 Å². The maximum absolute atomic E-state index is 11.9. The maximum Gasteiger partial charge on any atom is 0.306 e. The second kappa shape index (κ2) is 27.0. The molecule has 3 N–H and O–H groups in total. The molecule has 37 heavy (non-hydrogen) atoms. The van der Waals surface area contributed by atoms with Gasteiger partial charge in [0, 0.05) is 19.4 Å². The van der Waals surface area contributed by atoms with Gasteiger partial charge in [0.1, 0.15) is 12.9 Å². The molecule has 0 aromatic carbocycles. The number of carboxylic acid groups (broad SMARTS) is 2. The number of ether oxygens (including phenoxy) is 2. The third kappa shape index (κ3) is 26.9. The minimum atomic E-state index is -0.827. The summed E-state index contributed by atoms with van der Waals surface area (Å²) in [6, 6.07) is 0. The van der Waals surface area contributed by atoms with Crippen molar-refractivity contribution in [3.05, 3.63) is 0 Å². The van der Waals surface area contributed by atoms with Gasteiger partial charge in [0.15, 0.2) is 0 Å². The molecule has 0 radical (unpaired) electrons. The quantitative estimate of drug-likeness (QED) is 0.0894. The smallest absolute Gasteiger partial charge is 0.306 e. The molecule has 0 fully saturated rings. The van der Waals surface area contributed by atoms with Crippen molar-refractivity contribution in [2.45, 2.75) is 116 Å². The van der Waals surface area contributed by atoms with Crippen molar-refractivity contribution in [3.8, 4) is 0 Å². The van der Waals surface area contributed by atoms with Crippen molar-refractivity contribution >= 4 is 24.1 Å². The Morgan fingerprint density at radius 3 is 1.68 bits per heavy atom. The number of aldehydes is 1. The Kier molecular flexibility index (Phi) is 25.6. The first-order chi connectivity index (χ1) is 18.0. The Morgan fingerprint density at radius 2 is 1.16 bits per heavy atom. The first-order valence-electron chi connectivity index (χ1n) is 14.3. The second-order valence-corrected chi connectivity index (χ2v) is 9.66. The van der Waals surface area contributed by atoms with E-state index in [-0.39, 0.29) is 18.9 Å². The van der Waals surface area contributed by atoms with E-state index < -0.39 is 17.9 Å². The number of aliphatic carboxylic acids is 2. The summed E-state index contributed by atoms with van der Waals surface area (Å²) in [5.41, 5.74) is 0. The van der Waals surface area contributed by atoms with Gasteiger partial charge in [-0.1, -0.05) is 83.5 Å². The number of carbonyl (C=O) groups is 4. The van der Waals surface area contributed by atoms with Crippen LogP contribution in [0.25, 0.3) is 0 Å². The molecule has 0 aromatic heterocycles. The van der Waals surface area contributed by atoms with Crippen LogP contribution in [0, 0.1) is 5.92 Å². The molecule has 0 aliphatic heterocycles. The van der Waals surface area contributed by atoms with Gasteiger partial charge in [-0.05, 0) is 19.3 Å². The molecule has 9 nitrogen and oxygen atoms in total. The van der Waals surface area contributed by atoms with Crippen molar-refractivity contribution in [2.24, 2.45) is 5.92 Å². The van der Waals surface area contributed by atoms with Crippen LogP contribution >= 0.6 is 0 Å². The molecule has 0 aliphatic rings. The van der Waals surface area contributed by atoms with Crippen LogP contribution in [0.3, 0.4) is 0 Å². The van der Waals surface area contributed by atoms with Gasteiger partial charge in [0.2, 0.25) is 5.91 Å². The number of hydrogen-bond donors (Lipinski definition) is 3. The molecule has 0 heterocycles. The van der Waals surface area contributed by atoms with Gasteiger partial charge >= 0.3 is 11.9 Å². The Labute approximate surface area is 223 Å². The molecule has 1 amide bonds. The van der Waals surface area contributed by atoms with E-state index >= 15 is 0 Å². The summed E-state index contributed by atoms with van der Waals surface area (Å²) in [5, 5.41) is 20.8. The number of carbonyl (C=O) groups excluding carboxylic acids is 2. The highest BCUT2D eigenvalue weighted by molar-refractivity contribution is 5.77. The number of hydrogen-bond acceptors (Lipinski definition) is 6. The van der Waals surface area contributed by atoms with Crippen molar-refractivity contribution in [1.29, 1.82) is 0 Å². The lowest BCUT2D eigenvalue weighted by atomic mass is 9.95. The molecule has 0 bridgehead atoms. The average molecular weight is 530 g/mol. The summed E-state index contributed by atoms with van der Waals surface area (Å²) in [6.07, 6.45) is 18.1. The van der Waals surface area contributed by atoms with E-state index in [1.807, 2.05) is 0 Å².